The van der Waals surface area contributed by atoms with Gasteiger partial charge < -0.3 is 5.32 Å². The predicted octanol–water partition coefficient (Wildman–Crippen LogP) is 4.29. The zero-order chi connectivity index (χ0) is 14.0. The molecule has 0 aliphatic rings. The molecular formula is C14H10BrF2NO. The molecule has 2 rings (SSSR count). The van der Waals surface area contributed by atoms with E-state index >= 15 is 0 Å². The topological polar surface area (TPSA) is 29.1 Å². The summed E-state index contributed by atoms with van der Waals surface area (Å²) >= 11 is 3.01. The van der Waals surface area contributed by atoms with Gasteiger partial charge in [-0.05, 0) is 53.2 Å². The molecule has 1 amide bonds. The van der Waals surface area contributed by atoms with Crippen LogP contribution in [0.4, 0.5) is 14.5 Å². The van der Waals surface area contributed by atoms with Crippen LogP contribution in [0.15, 0.2) is 40.9 Å². The molecule has 5 heteroatoms. The molecule has 0 heterocycles. The van der Waals surface area contributed by atoms with E-state index in [1.165, 1.54) is 24.3 Å². The van der Waals surface area contributed by atoms with Crippen LogP contribution in [0.1, 0.15) is 15.9 Å². The van der Waals surface area contributed by atoms with Crippen molar-refractivity contribution in [3.8, 4) is 0 Å². The lowest BCUT2D eigenvalue weighted by molar-refractivity contribution is 0.102. The number of carbonyl (C=O) groups is 1. The van der Waals surface area contributed by atoms with Crippen molar-refractivity contribution in [2.45, 2.75) is 6.92 Å². The largest absolute Gasteiger partial charge is 0.322 e. The number of anilines is 1. The van der Waals surface area contributed by atoms with Crippen LogP contribution in [0.3, 0.4) is 0 Å². The Morgan fingerprint density at radius 3 is 2.58 bits per heavy atom. The molecule has 1 N–H and O–H groups in total. The van der Waals surface area contributed by atoms with Gasteiger partial charge in [0, 0.05) is 16.8 Å². The van der Waals surface area contributed by atoms with Crippen molar-refractivity contribution >= 4 is 27.5 Å². The summed E-state index contributed by atoms with van der Waals surface area (Å²) < 4.78 is 26.9. The lowest BCUT2D eigenvalue weighted by Crippen LogP contribution is -2.13. The summed E-state index contributed by atoms with van der Waals surface area (Å²) in [5.41, 5.74) is 0.881. The molecular weight excluding hydrogens is 316 g/mol. The van der Waals surface area contributed by atoms with E-state index in [9.17, 15) is 13.6 Å². The summed E-state index contributed by atoms with van der Waals surface area (Å²) in [6, 6.07) is 8.45. The van der Waals surface area contributed by atoms with Crippen molar-refractivity contribution < 1.29 is 13.6 Å². The third-order valence-electron chi connectivity index (χ3n) is 2.70. The lowest BCUT2D eigenvalue weighted by Gasteiger charge is -2.09. The molecule has 0 aliphatic heterocycles. The first-order chi connectivity index (χ1) is 8.99. The molecule has 0 saturated carbocycles. The van der Waals surface area contributed by atoms with Crippen LogP contribution in [0.2, 0.25) is 0 Å². The highest BCUT2D eigenvalue weighted by Gasteiger charge is 2.11. The van der Waals surface area contributed by atoms with Crippen molar-refractivity contribution in [3.05, 3.63) is 63.6 Å². The summed E-state index contributed by atoms with van der Waals surface area (Å²) in [5.74, 6) is -1.41. The second-order valence-corrected chi connectivity index (χ2v) is 4.85. The summed E-state index contributed by atoms with van der Waals surface area (Å²) in [7, 11) is 0. The number of rotatable bonds is 2. The van der Waals surface area contributed by atoms with Gasteiger partial charge in [-0.2, -0.15) is 0 Å². The van der Waals surface area contributed by atoms with E-state index in [0.717, 1.165) is 6.07 Å². The highest BCUT2D eigenvalue weighted by molar-refractivity contribution is 9.10. The summed E-state index contributed by atoms with van der Waals surface area (Å²) in [4.78, 5) is 11.9. The molecule has 0 atom stereocenters. The molecule has 0 bridgehead atoms. The summed E-state index contributed by atoms with van der Waals surface area (Å²) in [6.07, 6.45) is 0. The van der Waals surface area contributed by atoms with E-state index in [1.54, 1.807) is 13.0 Å². The van der Waals surface area contributed by atoms with Crippen LogP contribution in [0.5, 0.6) is 0 Å². The van der Waals surface area contributed by atoms with E-state index in [2.05, 4.69) is 21.2 Å². The number of carbonyl (C=O) groups excluding carboxylic acids is 1. The average molecular weight is 326 g/mol. The van der Waals surface area contributed by atoms with Gasteiger partial charge in [0.25, 0.3) is 5.91 Å². The quantitative estimate of drug-likeness (QED) is 0.876. The van der Waals surface area contributed by atoms with E-state index in [0.29, 0.717) is 11.3 Å². The van der Waals surface area contributed by atoms with E-state index in [-0.39, 0.29) is 10.0 Å². The van der Waals surface area contributed by atoms with Gasteiger partial charge in [-0.15, -0.1) is 0 Å². The maximum absolute atomic E-state index is 13.3. The zero-order valence-corrected chi connectivity index (χ0v) is 11.6. The van der Waals surface area contributed by atoms with Gasteiger partial charge in [-0.3, -0.25) is 4.79 Å². The first-order valence-electron chi connectivity index (χ1n) is 5.50. The van der Waals surface area contributed by atoms with Gasteiger partial charge in [0.1, 0.15) is 11.6 Å². The van der Waals surface area contributed by atoms with Crippen molar-refractivity contribution in [2.75, 3.05) is 5.32 Å². The molecule has 0 unspecified atom stereocenters. The molecule has 0 aliphatic carbocycles. The second-order valence-electron chi connectivity index (χ2n) is 4.00. The van der Waals surface area contributed by atoms with Crippen molar-refractivity contribution in [3.63, 3.8) is 0 Å². The lowest BCUT2D eigenvalue weighted by atomic mass is 10.1. The molecule has 0 spiro atoms. The Bertz CT molecular complexity index is 643. The number of benzene rings is 2. The van der Waals surface area contributed by atoms with E-state index in [1.807, 2.05) is 0 Å². The minimum Gasteiger partial charge on any atom is -0.322 e. The van der Waals surface area contributed by atoms with Gasteiger partial charge in [0.15, 0.2) is 0 Å². The van der Waals surface area contributed by atoms with E-state index in [4.69, 9.17) is 0 Å². The van der Waals surface area contributed by atoms with Crippen LogP contribution >= 0.6 is 15.9 Å². The van der Waals surface area contributed by atoms with Gasteiger partial charge in [0.05, 0.1) is 4.47 Å². The monoisotopic (exact) mass is 325 g/mol. The third kappa shape index (κ3) is 2.98. The fraction of sp³-hybridized carbons (Fsp3) is 0.0714. The summed E-state index contributed by atoms with van der Waals surface area (Å²) in [5, 5.41) is 2.55. The smallest absolute Gasteiger partial charge is 0.255 e. The van der Waals surface area contributed by atoms with Crippen LogP contribution in [-0.2, 0) is 0 Å². The van der Waals surface area contributed by atoms with Gasteiger partial charge >= 0.3 is 0 Å². The fourth-order valence-corrected chi connectivity index (χ4v) is 1.82. The van der Waals surface area contributed by atoms with Gasteiger partial charge in [-0.25, -0.2) is 8.78 Å². The van der Waals surface area contributed by atoms with Gasteiger partial charge in [0.2, 0.25) is 0 Å². The Morgan fingerprint density at radius 2 is 1.89 bits per heavy atom. The number of amides is 1. The Kier molecular flexibility index (Phi) is 3.95. The third-order valence-corrected chi connectivity index (χ3v) is 3.34. The molecule has 98 valence electrons. The average Bonchev–Trinajstić information content (AvgIpc) is 2.38. The van der Waals surface area contributed by atoms with Crippen LogP contribution in [0, 0.1) is 18.6 Å². The molecule has 19 heavy (non-hydrogen) atoms. The number of nitrogens with one attached hydrogen (secondary N) is 1. The predicted molar refractivity (Wildman–Crippen MR) is 73.2 cm³/mol. The highest BCUT2D eigenvalue weighted by atomic mass is 79.9. The van der Waals surface area contributed by atoms with Crippen LogP contribution in [-0.4, -0.2) is 5.91 Å². The number of hydrogen-bond donors (Lipinski definition) is 1. The SMILES string of the molecule is Cc1c(F)cccc1NC(=O)c1ccc(Br)c(F)c1. The second kappa shape index (κ2) is 5.48. The molecule has 0 saturated heterocycles. The molecule has 2 nitrogen and oxygen atoms in total. The Labute approximate surface area is 117 Å². The molecule has 2 aromatic rings. The maximum Gasteiger partial charge on any atom is 0.255 e. The molecule has 0 aromatic heterocycles. The minimum atomic E-state index is -0.524. The molecule has 2 aromatic carbocycles. The first-order valence-corrected chi connectivity index (χ1v) is 6.30. The fourth-order valence-electron chi connectivity index (χ4n) is 1.57. The summed E-state index contributed by atoms with van der Waals surface area (Å²) in [6.45, 7) is 1.56. The molecule has 0 fully saturated rings. The number of hydrogen-bond acceptors (Lipinski definition) is 1. The van der Waals surface area contributed by atoms with Crippen molar-refractivity contribution in [1.82, 2.24) is 0 Å². The Balaban J connectivity index is 2.26. The van der Waals surface area contributed by atoms with Crippen LogP contribution < -0.4 is 5.32 Å². The normalized spacial score (nSPS) is 10.3. The van der Waals surface area contributed by atoms with E-state index < -0.39 is 17.5 Å². The standard InChI is InChI=1S/C14H10BrF2NO/c1-8-11(16)3-2-4-13(8)18-14(19)9-5-6-10(15)12(17)7-9/h2-7H,1H3,(H,18,19). The van der Waals surface area contributed by atoms with Gasteiger partial charge in [-0.1, -0.05) is 6.07 Å². The van der Waals surface area contributed by atoms with Crippen molar-refractivity contribution in [1.29, 1.82) is 0 Å². The highest BCUT2D eigenvalue weighted by Crippen LogP contribution is 2.20. The van der Waals surface area contributed by atoms with Crippen molar-refractivity contribution in [2.24, 2.45) is 0 Å². The number of halogens is 3. The zero-order valence-electron chi connectivity index (χ0n) is 10.0. The Hall–Kier alpha value is -1.75. The maximum atomic E-state index is 13.3. The molecule has 0 radical (unpaired) electrons. The minimum absolute atomic E-state index is 0.171. The Morgan fingerprint density at radius 1 is 1.16 bits per heavy atom. The van der Waals surface area contributed by atoms with Crippen LogP contribution in [0.25, 0.3) is 0 Å². The first kappa shape index (κ1) is 13.7.